The maximum absolute atomic E-state index is 13.8. The molecule has 1 amide bonds. The van der Waals surface area contributed by atoms with Crippen molar-refractivity contribution in [1.82, 2.24) is 14.5 Å². The third-order valence-electron chi connectivity index (χ3n) is 6.68. The molecular formula is C26H29FN4O. The Balaban J connectivity index is 1.43. The van der Waals surface area contributed by atoms with Crippen LogP contribution in [0.3, 0.4) is 0 Å². The third kappa shape index (κ3) is 4.27. The summed E-state index contributed by atoms with van der Waals surface area (Å²) in [6, 6.07) is 11.2. The Hall–Kier alpha value is -3.15. The van der Waals surface area contributed by atoms with Crippen LogP contribution >= 0.6 is 0 Å². The van der Waals surface area contributed by atoms with E-state index >= 15 is 0 Å². The lowest BCUT2D eigenvalue weighted by molar-refractivity contribution is 0.0931. The Kier molecular flexibility index (Phi) is 5.24. The van der Waals surface area contributed by atoms with Crippen LogP contribution in [0, 0.1) is 24.1 Å². The number of nitrogens with zero attached hydrogens (tertiary/aromatic N) is 2. The van der Waals surface area contributed by atoms with Crippen molar-refractivity contribution in [3.05, 3.63) is 88.0 Å². The second-order valence-corrected chi connectivity index (χ2v) is 9.40. The molecule has 0 spiro atoms. The quantitative estimate of drug-likeness (QED) is 0.565. The van der Waals surface area contributed by atoms with E-state index in [1.807, 2.05) is 42.2 Å². The van der Waals surface area contributed by atoms with Crippen LogP contribution in [0.1, 0.15) is 70.3 Å². The summed E-state index contributed by atoms with van der Waals surface area (Å²) in [5, 5.41) is 11.4. The number of nitrogens with one attached hydrogen (secondary N) is 2. The molecule has 32 heavy (non-hydrogen) atoms. The molecule has 2 saturated carbocycles. The van der Waals surface area contributed by atoms with Crippen molar-refractivity contribution in [2.24, 2.45) is 13.0 Å². The molecule has 2 fully saturated rings. The van der Waals surface area contributed by atoms with Gasteiger partial charge in [-0.25, -0.2) is 4.39 Å². The fraction of sp³-hybridized carbons (Fsp3) is 0.385. The molecule has 0 bridgehead atoms. The highest BCUT2D eigenvalue weighted by Crippen LogP contribution is 2.42. The van der Waals surface area contributed by atoms with Gasteiger partial charge in [0.15, 0.2) is 0 Å². The predicted octanol–water partition coefficient (Wildman–Crippen LogP) is 4.56. The molecule has 0 aliphatic heterocycles. The zero-order valence-electron chi connectivity index (χ0n) is 18.6. The highest BCUT2D eigenvalue weighted by molar-refractivity contribution is 5.95. The van der Waals surface area contributed by atoms with E-state index in [2.05, 4.69) is 11.4 Å². The van der Waals surface area contributed by atoms with E-state index in [1.165, 1.54) is 11.6 Å². The maximum Gasteiger partial charge on any atom is 0.251 e. The van der Waals surface area contributed by atoms with Gasteiger partial charge in [0, 0.05) is 25.0 Å². The molecule has 166 valence electrons. The molecule has 3 aromatic rings. The van der Waals surface area contributed by atoms with Crippen LogP contribution in [-0.4, -0.2) is 15.0 Å². The van der Waals surface area contributed by atoms with E-state index in [0.717, 1.165) is 36.8 Å². The average Bonchev–Trinajstić information content (AvgIpc) is 3.69. The number of carbonyl (C=O) groups excluding carboxylic acids is 1. The van der Waals surface area contributed by atoms with Crippen LogP contribution in [0.4, 0.5) is 4.39 Å². The molecule has 0 saturated heterocycles. The van der Waals surface area contributed by atoms with Crippen LogP contribution in [0.5, 0.6) is 0 Å². The van der Waals surface area contributed by atoms with E-state index < -0.39 is 0 Å². The van der Waals surface area contributed by atoms with Crippen LogP contribution in [-0.2, 0) is 13.6 Å². The fourth-order valence-corrected chi connectivity index (χ4v) is 4.43. The van der Waals surface area contributed by atoms with E-state index in [-0.39, 0.29) is 17.8 Å². The summed E-state index contributed by atoms with van der Waals surface area (Å²) in [6.07, 6.45) is 8.23. The van der Waals surface area contributed by atoms with Crippen molar-refractivity contribution in [3.63, 3.8) is 0 Å². The third-order valence-corrected chi connectivity index (χ3v) is 6.68. The topological polar surface area (TPSA) is 62.8 Å². The minimum absolute atomic E-state index is 0.0863. The second-order valence-electron chi connectivity index (χ2n) is 9.40. The van der Waals surface area contributed by atoms with Crippen molar-refractivity contribution in [1.29, 1.82) is 5.41 Å². The van der Waals surface area contributed by atoms with Crippen molar-refractivity contribution in [3.8, 4) is 0 Å². The van der Waals surface area contributed by atoms with Gasteiger partial charge < -0.3 is 14.5 Å². The molecule has 2 N–H and O–H groups in total. The number of halogens is 1. The Morgan fingerprint density at radius 2 is 1.94 bits per heavy atom. The number of aryl methyl sites for hydroxylation is 2. The molecule has 1 heterocycles. The highest BCUT2D eigenvalue weighted by Gasteiger charge is 2.34. The van der Waals surface area contributed by atoms with E-state index in [4.69, 9.17) is 5.41 Å². The molecule has 2 aromatic carbocycles. The van der Waals surface area contributed by atoms with E-state index in [1.54, 1.807) is 17.6 Å². The standard InChI is InChI=1S/C26H29FN4O/c1-16-11-20(7-8-23(16)27)24(19-5-6-19)29-25(32)22-13-17(12-21(14-22)18-3-4-18)15-31-10-9-30(2)26(31)28/h7-14,18-19,24,28H,3-6,15H2,1-2H3,(H,29,32)/t24-/m0/s1. The second kappa shape index (κ2) is 8.08. The van der Waals surface area contributed by atoms with Gasteiger partial charge in [-0.15, -0.1) is 0 Å². The first-order chi connectivity index (χ1) is 15.4. The van der Waals surface area contributed by atoms with Gasteiger partial charge in [-0.1, -0.05) is 18.2 Å². The first-order valence-corrected chi connectivity index (χ1v) is 11.4. The Labute approximate surface area is 187 Å². The molecule has 0 unspecified atom stereocenters. The lowest BCUT2D eigenvalue weighted by Gasteiger charge is -2.20. The van der Waals surface area contributed by atoms with Gasteiger partial charge in [-0.2, -0.15) is 0 Å². The highest BCUT2D eigenvalue weighted by atomic mass is 19.1. The number of carbonyl (C=O) groups is 1. The predicted molar refractivity (Wildman–Crippen MR) is 121 cm³/mol. The minimum Gasteiger partial charge on any atom is -0.345 e. The number of aromatic nitrogens is 2. The average molecular weight is 433 g/mol. The molecule has 2 aliphatic rings. The number of imidazole rings is 1. The molecule has 6 heteroatoms. The summed E-state index contributed by atoms with van der Waals surface area (Å²) >= 11 is 0. The Bertz CT molecular complexity index is 1230. The van der Waals surface area contributed by atoms with Gasteiger partial charge in [0.2, 0.25) is 5.62 Å². The van der Waals surface area contributed by atoms with Gasteiger partial charge >= 0.3 is 0 Å². The fourth-order valence-electron chi connectivity index (χ4n) is 4.43. The number of benzene rings is 2. The molecule has 1 atom stereocenters. The summed E-state index contributed by atoms with van der Waals surface area (Å²) in [5.41, 5.74) is 4.90. The molecule has 0 radical (unpaired) electrons. The molecule has 5 rings (SSSR count). The SMILES string of the molecule is Cc1cc([C@@H](NC(=O)c2cc(Cn3ccn(C)c3=N)cc(C3CC3)c2)C2CC2)ccc1F. The summed E-state index contributed by atoms with van der Waals surface area (Å²) in [5.74, 6) is 0.623. The molecule has 2 aliphatic carbocycles. The number of rotatable bonds is 7. The van der Waals surface area contributed by atoms with Crippen molar-refractivity contribution in [2.75, 3.05) is 0 Å². The lowest BCUT2D eigenvalue weighted by Crippen LogP contribution is -2.30. The first kappa shape index (κ1) is 20.7. The normalized spacial score (nSPS) is 16.7. The van der Waals surface area contributed by atoms with Crippen molar-refractivity contribution >= 4 is 5.91 Å². The summed E-state index contributed by atoms with van der Waals surface area (Å²) < 4.78 is 17.4. The minimum atomic E-state index is -0.219. The van der Waals surface area contributed by atoms with Gasteiger partial charge in [0.05, 0.1) is 12.6 Å². The van der Waals surface area contributed by atoms with Crippen molar-refractivity contribution < 1.29 is 9.18 Å². The lowest BCUT2D eigenvalue weighted by atomic mass is 9.98. The molecule has 5 nitrogen and oxygen atoms in total. The monoisotopic (exact) mass is 432 g/mol. The number of hydrogen-bond acceptors (Lipinski definition) is 2. The van der Waals surface area contributed by atoms with Gasteiger partial charge in [-0.05, 0) is 84.9 Å². The van der Waals surface area contributed by atoms with E-state index in [0.29, 0.717) is 35.1 Å². The summed E-state index contributed by atoms with van der Waals surface area (Å²) in [7, 11) is 1.85. The van der Waals surface area contributed by atoms with Crippen LogP contribution in [0.15, 0.2) is 48.8 Å². The van der Waals surface area contributed by atoms with Crippen LogP contribution < -0.4 is 10.9 Å². The van der Waals surface area contributed by atoms with E-state index in [9.17, 15) is 9.18 Å². The van der Waals surface area contributed by atoms with Gasteiger partial charge in [-0.3, -0.25) is 10.2 Å². The molecule has 1 aromatic heterocycles. The molecular weight excluding hydrogens is 403 g/mol. The smallest absolute Gasteiger partial charge is 0.251 e. The van der Waals surface area contributed by atoms with Crippen LogP contribution in [0.25, 0.3) is 0 Å². The number of hydrogen-bond donors (Lipinski definition) is 2. The summed E-state index contributed by atoms with van der Waals surface area (Å²) in [6.45, 7) is 2.32. The first-order valence-electron chi connectivity index (χ1n) is 11.4. The van der Waals surface area contributed by atoms with Gasteiger partial charge in [0.1, 0.15) is 5.82 Å². The number of amides is 1. The van der Waals surface area contributed by atoms with Gasteiger partial charge in [0.25, 0.3) is 5.91 Å². The zero-order valence-corrected chi connectivity index (χ0v) is 18.6. The summed E-state index contributed by atoms with van der Waals surface area (Å²) in [4.78, 5) is 13.4. The largest absolute Gasteiger partial charge is 0.345 e. The zero-order chi connectivity index (χ0) is 22.4. The van der Waals surface area contributed by atoms with Crippen molar-refractivity contribution in [2.45, 2.75) is 51.1 Å². The Morgan fingerprint density at radius 3 is 2.56 bits per heavy atom. The van der Waals surface area contributed by atoms with Crippen LogP contribution in [0.2, 0.25) is 0 Å². The Morgan fingerprint density at radius 1 is 1.16 bits per heavy atom. The maximum atomic E-state index is 13.8.